The number of nitrogens with one attached hydrogen (secondary N) is 2. The fourth-order valence-electron chi connectivity index (χ4n) is 1.93. The van der Waals surface area contributed by atoms with Crippen molar-refractivity contribution in [2.75, 3.05) is 7.05 Å². The Labute approximate surface area is 115 Å². The van der Waals surface area contributed by atoms with Crippen molar-refractivity contribution in [3.63, 3.8) is 0 Å². The lowest BCUT2D eigenvalue weighted by Gasteiger charge is -2.24. The van der Waals surface area contributed by atoms with Crippen molar-refractivity contribution in [3.05, 3.63) is 17.1 Å². The molecular formula is C13H24N2O3S. The van der Waals surface area contributed by atoms with E-state index in [2.05, 4.69) is 10.0 Å². The molecule has 0 aromatic carbocycles. The third-order valence-electron chi connectivity index (χ3n) is 3.24. The molecule has 0 unspecified atom stereocenters. The molecule has 1 heterocycles. The third-order valence-corrected chi connectivity index (χ3v) is 5.13. The molecule has 5 nitrogen and oxygen atoms in total. The number of hydrogen-bond donors (Lipinski definition) is 2. The van der Waals surface area contributed by atoms with Gasteiger partial charge in [0.1, 0.15) is 16.4 Å². The van der Waals surface area contributed by atoms with Crippen LogP contribution in [0.1, 0.15) is 44.3 Å². The van der Waals surface area contributed by atoms with Crippen LogP contribution in [0.2, 0.25) is 0 Å². The number of aryl methyl sites for hydroxylation is 2. The fourth-order valence-corrected chi connectivity index (χ4v) is 3.86. The second-order valence-corrected chi connectivity index (χ2v) is 7.01. The van der Waals surface area contributed by atoms with Gasteiger partial charge in [-0.3, -0.25) is 0 Å². The van der Waals surface area contributed by atoms with E-state index >= 15 is 0 Å². The zero-order valence-electron chi connectivity index (χ0n) is 12.5. The van der Waals surface area contributed by atoms with Crippen LogP contribution >= 0.6 is 0 Å². The molecule has 1 aromatic heterocycles. The minimum Gasteiger partial charge on any atom is -0.465 e. The Bertz CT molecular complexity index is 544. The van der Waals surface area contributed by atoms with Gasteiger partial charge in [-0.2, -0.15) is 0 Å². The van der Waals surface area contributed by atoms with Crippen molar-refractivity contribution in [1.29, 1.82) is 0 Å². The van der Waals surface area contributed by atoms with Gasteiger partial charge >= 0.3 is 0 Å². The lowest BCUT2D eigenvalue weighted by atomic mass is 10.0. The van der Waals surface area contributed by atoms with Gasteiger partial charge in [-0.05, 0) is 41.2 Å². The van der Waals surface area contributed by atoms with Gasteiger partial charge in [-0.25, -0.2) is 13.1 Å². The Morgan fingerprint density at radius 2 is 1.79 bits per heavy atom. The van der Waals surface area contributed by atoms with Crippen LogP contribution in [0.25, 0.3) is 0 Å². The van der Waals surface area contributed by atoms with E-state index in [1.807, 2.05) is 20.8 Å². The Balaban J connectivity index is 3.29. The summed E-state index contributed by atoms with van der Waals surface area (Å²) in [4.78, 5) is 0.265. The van der Waals surface area contributed by atoms with Crippen molar-refractivity contribution in [1.82, 2.24) is 10.0 Å². The molecule has 19 heavy (non-hydrogen) atoms. The van der Waals surface area contributed by atoms with Crippen LogP contribution < -0.4 is 10.0 Å². The Morgan fingerprint density at radius 3 is 2.26 bits per heavy atom. The monoisotopic (exact) mass is 288 g/mol. The van der Waals surface area contributed by atoms with Crippen molar-refractivity contribution in [2.45, 2.75) is 58.0 Å². The first-order chi connectivity index (χ1) is 8.64. The van der Waals surface area contributed by atoms with Gasteiger partial charge in [-0.15, -0.1) is 0 Å². The molecule has 2 N–H and O–H groups in total. The highest BCUT2D eigenvalue weighted by molar-refractivity contribution is 7.89. The fraction of sp³-hybridized carbons (Fsp3) is 0.692. The summed E-state index contributed by atoms with van der Waals surface area (Å²) < 4.78 is 33.3. The van der Waals surface area contributed by atoms with E-state index in [1.54, 1.807) is 20.9 Å². The summed E-state index contributed by atoms with van der Waals surface area (Å²) in [5.74, 6) is 1.07. The summed E-state index contributed by atoms with van der Waals surface area (Å²) in [5.41, 5.74) is 0.215. The second kappa shape index (κ2) is 5.64. The largest absolute Gasteiger partial charge is 0.465 e. The van der Waals surface area contributed by atoms with E-state index in [4.69, 9.17) is 4.42 Å². The van der Waals surface area contributed by atoms with Gasteiger partial charge in [0.15, 0.2) is 0 Å². The summed E-state index contributed by atoms with van der Waals surface area (Å²) >= 11 is 0. The molecule has 0 aliphatic rings. The smallest absolute Gasteiger partial charge is 0.244 e. The lowest BCUT2D eigenvalue weighted by Crippen LogP contribution is -2.43. The lowest BCUT2D eigenvalue weighted by molar-refractivity contribution is 0.437. The Hall–Kier alpha value is -0.850. The predicted molar refractivity (Wildman–Crippen MR) is 75.6 cm³/mol. The number of furan rings is 1. The van der Waals surface area contributed by atoms with Crippen LogP contribution in [0.5, 0.6) is 0 Å². The number of rotatable bonds is 6. The van der Waals surface area contributed by atoms with Gasteiger partial charge in [0, 0.05) is 17.6 Å². The minimum absolute atomic E-state index is 0.265. The molecule has 0 spiro atoms. The molecule has 0 fully saturated rings. The maximum atomic E-state index is 12.5. The molecule has 0 saturated carbocycles. The molecule has 0 saturated heterocycles. The van der Waals surface area contributed by atoms with E-state index in [1.165, 1.54) is 0 Å². The highest BCUT2D eigenvalue weighted by Gasteiger charge is 2.31. The molecule has 0 bridgehead atoms. The molecule has 0 aliphatic carbocycles. The molecule has 1 aromatic rings. The summed E-state index contributed by atoms with van der Waals surface area (Å²) in [7, 11) is -1.80. The number of hydrogen-bond acceptors (Lipinski definition) is 4. The summed E-state index contributed by atoms with van der Waals surface area (Å²) in [6, 6.07) is 0. The Morgan fingerprint density at radius 1 is 1.21 bits per heavy atom. The first kappa shape index (κ1) is 16.2. The maximum Gasteiger partial charge on any atom is 0.244 e. The minimum atomic E-state index is -3.58. The highest BCUT2D eigenvalue weighted by Crippen LogP contribution is 2.27. The molecule has 6 heteroatoms. The van der Waals surface area contributed by atoms with Gasteiger partial charge in [0.25, 0.3) is 0 Å². The third kappa shape index (κ3) is 3.58. The summed E-state index contributed by atoms with van der Waals surface area (Å²) in [6.45, 7) is 9.61. The van der Waals surface area contributed by atoms with Crippen LogP contribution in [-0.4, -0.2) is 21.0 Å². The van der Waals surface area contributed by atoms with Crippen molar-refractivity contribution in [3.8, 4) is 0 Å². The van der Waals surface area contributed by atoms with E-state index in [-0.39, 0.29) is 4.90 Å². The quantitative estimate of drug-likeness (QED) is 0.840. The first-order valence-electron chi connectivity index (χ1n) is 6.42. The van der Waals surface area contributed by atoms with Crippen LogP contribution in [0.3, 0.4) is 0 Å². The second-order valence-electron chi connectivity index (χ2n) is 5.40. The highest BCUT2D eigenvalue weighted by atomic mass is 32.2. The van der Waals surface area contributed by atoms with Gasteiger partial charge in [0.2, 0.25) is 10.0 Å². The van der Waals surface area contributed by atoms with Crippen LogP contribution in [0, 0.1) is 13.8 Å². The average molecular weight is 288 g/mol. The first-order valence-corrected chi connectivity index (χ1v) is 7.90. The SMILES string of the molecule is CCC(C)(C)NS(=O)(=O)c1c(C)oc(C)c1CNC. The van der Waals surface area contributed by atoms with Crippen LogP contribution in [0.4, 0.5) is 0 Å². The molecule has 1 rings (SSSR count). The summed E-state index contributed by atoms with van der Waals surface area (Å²) in [6.07, 6.45) is 0.712. The van der Waals surface area contributed by atoms with Crippen molar-refractivity contribution >= 4 is 10.0 Å². The molecule has 0 amide bonds. The Kier molecular flexibility index (Phi) is 4.81. The standard InChI is InChI=1S/C13H24N2O3S/c1-7-13(4,5)15-19(16,17)12-10(3)18-9(2)11(12)8-14-6/h14-15H,7-8H2,1-6H3. The average Bonchev–Trinajstić information content (AvgIpc) is 2.53. The van der Waals surface area contributed by atoms with Gasteiger partial charge < -0.3 is 9.73 Å². The van der Waals surface area contributed by atoms with Gasteiger partial charge in [-0.1, -0.05) is 6.92 Å². The zero-order chi connectivity index (χ0) is 14.8. The van der Waals surface area contributed by atoms with E-state index in [0.29, 0.717) is 30.0 Å². The van der Waals surface area contributed by atoms with Crippen LogP contribution in [0.15, 0.2) is 9.31 Å². The predicted octanol–water partition coefficient (Wildman–Crippen LogP) is 2.08. The number of sulfonamides is 1. The topological polar surface area (TPSA) is 71.3 Å². The molecule has 0 radical (unpaired) electrons. The molecule has 0 atom stereocenters. The van der Waals surface area contributed by atoms with E-state index in [9.17, 15) is 8.42 Å². The van der Waals surface area contributed by atoms with Crippen LogP contribution in [-0.2, 0) is 16.6 Å². The molecule has 0 aliphatic heterocycles. The summed E-state index contributed by atoms with van der Waals surface area (Å²) in [5, 5.41) is 2.98. The van der Waals surface area contributed by atoms with Crippen molar-refractivity contribution in [2.24, 2.45) is 0 Å². The maximum absolute atomic E-state index is 12.5. The molecule has 110 valence electrons. The normalized spacial score (nSPS) is 12.9. The molecular weight excluding hydrogens is 264 g/mol. The van der Waals surface area contributed by atoms with E-state index < -0.39 is 15.6 Å². The zero-order valence-corrected chi connectivity index (χ0v) is 13.4. The van der Waals surface area contributed by atoms with E-state index in [0.717, 1.165) is 0 Å². The van der Waals surface area contributed by atoms with Gasteiger partial charge in [0.05, 0.1) is 0 Å². The van der Waals surface area contributed by atoms with Crippen molar-refractivity contribution < 1.29 is 12.8 Å².